The van der Waals surface area contributed by atoms with Gasteiger partial charge in [0, 0.05) is 5.69 Å². The highest BCUT2D eigenvalue weighted by atomic mass is 16.5. The Morgan fingerprint density at radius 2 is 1.48 bits per heavy atom. The first-order valence-electron chi connectivity index (χ1n) is 7.20. The van der Waals surface area contributed by atoms with Crippen molar-refractivity contribution in [3.05, 3.63) is 54.1 Å². The molecular weight excluding hydrogens is 292 g/mol. The summed E-state index contributed by atoms with van der Waals surface area (Å²) < 4.78 is 10.3. The van der Waals surface area contributed by atoms with E-state index in [1.807, 2.05) is 36.4 Å². The summed E-state index contributed by atoms with van der Waals surface area (Å²) in [4.78, 5) is 13.9. The number of carbonyl (C=O) groups is 1. The third kappa shape index (κ3) is 2.49. The first-order chi connectivity index (χ1) is 11.2. The summed E-state index contributed by atoms with van der Waals surface area (Å²) in [5.74, 6) is 0.618. The maximum absolute atomic E-state index is 12.3. The van der Waals surface area contributed by atoms with Gasteiger partial charge in [0.15, 0.2) is 5.92 Å². The predicted octanol–water partition coefficient (Wildman–Crippen LogP) is 2.93. The Morgan fingerprint density at radius 3 is 1.96 bits per heavy atom. The normalized spacial score (nSPS) is 19.7. The lowest BCUT2D eigenvalue weighted by atomic mass is 9.83. The molecule has 5 heteroatoms. The molecule has 1 aliphatic heterocycles. The molecule has 5 nitrogen and oxygen atoms in total. The van der Waals surface area contributed by atoms with Crippen molar-refractivity contribution in [2.75, 3.05) is 19.1 Å². The largest absolute Gasteiger partial charge is 0.497 e. The number of nitrogens with zero attached hydrogens (tertiary/aromatic N) is 2. The number of anilines is 1. The monoisotopic (exact) mass is 308 g/mol. The van der Waals surface area contributed by atoms with Crippen LogP contribution in [0, 0.1) is 17.2 Å². The van der Waals surface area contributed by atoms with Gasteiger partial charge in [-0.25, -0.2) is 0 Å². The van der Waals surface area contributed by atoms with Crippen LogP contribution in [0.3, 0.4) is 0 Å². The van der Waals surface area contributed by atoms with Gasteiger partial charge in [-0.2, -0.15) is 5.26 Å². The molecule has 2 aromatic carbocycles. The van der Waals surface area contributed by atoms with Gasteiger partial charge < -0.3 is 14.4 Å². The highest BCUT2D eigenvalue weighted by Gasteiger charge is 2.49. The van der Waals surface area contributed by atoms with Gasteiger partial charge in [-0.05, 0) is 42.0 Å². The van der Waals surface area contributed by atoms with Crippen molar-refractivity contribution in [2.45, 2.75) is 6.04 Å². The van der Waals surface area contributed by atoms with Gasteiger partial charge in [0.25, 0.3) is 0 Å². The average molecular weight is 308 g/mol. The first kappa shape index (κ1) is 14.9. The number of benzene rings is 2. The Morgan fingerprint density at radius 1 is 0.957 bits per heavy atom. The predicted molar refractivity (Wildman–Crippen MR) is 85.3 cm³/mol. The standard InChI is InChI=1S/C18H16N2O3/c1-22-14-7-3-12(4-8-14)17-16(11-19)18(21)20(17)13-5-9-15(23-2)10-6-13/h3-10,16-17H,1-2H3/t16-,17+/m0/s1. The minimum absolute atomic E-state index is 0.182. The number of amides is 1. The molecule has 0 unspecified atom stereocenters. The SMILES string of the molecule is COc1ccc([C@@H]2[C@H](C#N)C(=O)N2c2ccc(OC)cc2)cc1. The van der Waals surface area contributed by atoms with Gasteiger partial charge in [0.05, 0.1) is 26.3 Å². The lowest BCUT2D eigenvalue weighted by molar-refractivity contribution is -0.127. The van der Waals surface area contributed by atoms with Crippen LogP contribution < -0.4 is 14.4 Å². The minimum Gasteiger partial charge on any atom is -0.497 e. The van der Waals surface area contributed by atoms with E-state index in [0.29, 0.717) is 0 Å². The molecule has 1 saturated heterocycles. The number of nitriles is 1. The van der Waals surface area contributed by atoms with Crippen LogP contribution in [0.4, 0.5) is 5.69 Å². The average Bonchev–Trinajstić information content (AvgIpc) is 2.61. The van der Waals surface area contributed by atoms with Crippen LogP contribution in [0.5, 0.6) is 11.5 Å². The number of β-lactam (4-membered cyclic amide) rings is 1. The van der Waals surface area contributed by atoms with E-state index in [0.717, 1.165) is 22.7 Å². The van der Waals surface area contributed by atoms with Crippen molar-refractivity contribution in [3.63, 3.8) is 0 Å². The summed E-state index contributed by atoms with van der Waals surface area (Å²) in [6.07, 6.45) is 0. The molecule has 0 radical (unpaired) electrons. The van der Waals surface area contributed by atoms with Crippen molar-refractivity contribution in [3.8, 4) is 17.6 Å². The molecule has 0 spiro atoms. The van der Waals surface area contributed by atoms with Crippen molar-refractivity contribution in [1.29, 1.82) is 5.26 Å². The second-order valence-corrected chi connectivity index (χ2v) is 5.23. The molecule has 3 rings (SSSR count). The fourth-order valence-corrected chi connectivity index (χ4v) is 2.79. The smallest absolute Gasteiger partial charge is 0.247 e. The number of hydrogen-bond acceptors (Lipinski definition) is 4. The molecule has 0 aliphatic carbocycles. The van der Waals surface area contributed by atoms with Crippen LogP contribution in [0.15, 0.2) is 48.5 Å². The molecule has 0 saturated carbocycles. The third-order valence-corrected chi connectivity index (χ3v) is 4.04. The molecule has 1 aliphatic rings. The second-order valence-electron chi connectivity index (χ2n) is 5.23. The molecular formula is C18H16N2O3. The maximum atomic E-state index is 12.3. The molecule has 23 heavy (non-hydrogen) atoms. The van der Waals surface area contributed by atoms with E-state index in [-0.39, 0.29) is 11.9 Å². The lowest BCUT2D eigenvalue weighted by Crippen LogP contribution is -2.54. The molecule has 116 valence electrons. The highest BCUT2D eigenvalue weighted by Crippen LogP contribution is 2.43. The van der Waals surface area contributed by atoms with Crippen LogP contribution >= 0.6 is 0 Å². The number of ether oxygens (including phenoxy) is 2. The van der Waals surface area contributed by atoms with Gasteiger partial charge in [-0.15, -0.1) is 0 Å². The molecule has 0 aromatic heterocycles. The lowest BCUT2D eigenvalue weighted by Gasteiger charge is -2.44. The number of carbonyl (C=O) groups excluding carboxylic acids is 1. The summed E-state index contributed by atoms with van der Waals surface area (Å²) in [5.41, 5.74) is 1.66. The van der Waals surface area contributed by atoms with Crippen molar-refractivity contribution in [2.24, 2.45) is 5.92 Å². The molecule has 1 fully saturated rings. The molecule has 2 aromatic rings. The second kappa shape index (κ2) is 6.01. The summed E-state index contributed by atoms with van der Waals surface area (Å²) in [5, 5.41) is 9.29. The Kier molecular flexibility index (Phi) is 3.90. The number of methoxy groups -OCH3 is 2. The van der Waals surface area contributed by atoms with Gasteiger partial charge in [-0.1, -0.05) is 12.1 Å². The molecule has 0 N–H and O–H groups in total. The first-order valence-corrected chi connectivity index (χ1v) is 7.20. The third-order valence-electron chi connectivity index (χ3n) is 4.04. The Labute approximate surface area is 134 Å². The highest BCUT2D eigenvalue weighted by molar-refractivity contribution is 6.04. The van der Waals surface area contributed by atoms with Crippen LogP contribution in [0.1, 0.15) is 11.6 Å². The van der Waals surface area contributed by atoms with E-state index in [4.69, 9.17) is 9.47 Å². The van der Waals surface area contributed by atoms with E-state index in [9.17, 15) is 10.1 Å². The Balaban J connectivity index is 1.94. The zero-order chi connectivity index (χ0) is 16.4. The summed E-state index contributed by atoms with van der Waals surface area (Å²) in [7, 11) is 3.19. The number of rotatable bonds is 4. The van der Waals surface area contributed by atoms with Gasteiger partial charge in [-0.3, -0.25) is 4.79 Å². The summed E-state index contributed by atoms with van der Waals surface area (Å²) in [6.45, 7) is 0. The fourth-order valence-electron chi connectivity index (χ4n) is 2.79. The maximum Gasteiger partial charge on any atom is 0.247 e. The van der Waals surface area contributed by atoms with Gasteiger partial charge in [0.2, 0.25) is 5.91 Å². The zero-order valence-corrected chi connectivity index (χ0v) is 12.9. The quantitative estimate of drug-likeness (QED) is 0.815. The topological polar surface area (TPSA) is 62.6 Å². The number of hydrogen-bond donors (Lipinski definition) is 0. The van der Waals surface area contributed by atoms with Crippen molar-refractivity contribution in [1.82, 2.24) is 0 Å². The molecule has 1 amide bonds. The van der Waals surface area contributed by atoms with Crippen LogP contribution in [0.2, 0.25) is 0 Å². The Bertz CT molecular complexity index is 747. The summed E-state index contributed by atoms with van der Waals surface area (Å²) >= 11 is 0. The van der Waals surface area contributed by atoms with Gasteiger partial charge >= 0.3 is 0 Å². The zero-order valence-electron chi connectivity index (χ0n) is 12.9. The molecule has 0 bridgehead atoms. The minimum atomic E-state index is -0.662. The van der Waals surface area contributed by atoms with Gasteiger partial charge in [0.1, 0.15) is 11.5 Å². The Hall–Kier alpha value is -3.00. The van der Waals surface area contributed by atoms with Crippen molar-refractivity contribution >= 4 is 11.6 Å². The van der Waals surface area contributed by atoms with E-state index in [1.165, 1.54) is 0 Å². The van der Waals surface area contributed by atoms with E-state index in [1.54, 1.807) is 31.3 Å². The van der Waals surface area contributed by atoms with Crippen LogP contribution in [-0.4, -0.2) is 20.1 Å². The van der Waals surface area contributed by atoms with Crippen LogP contribution in [-0.2, 0) is 4.79 Å². The fraction of sp³-hybridized carbons (Fsp3) is 0.222. The molecule has 1 heterocycles. The van der Waals surface area contributed by atoms with E-state index >= 15 is 0 Å². The van der Waals surface area contributed by atoms with Crippen molar-refractivity contribution < 1.29 is 14.3 Å². The molecule has 2 atom stereocenters. The summed E-state index contributed by atoms with van der Waals surface area (Å²) in [6, 6.07) is 16.5. The van der Waals surface area contributed by atoms with E-state index in [2.05, 4.69) is 6.07 Å². The van der Waals surface area contributed by atoms with Crippen LogP contribution in [0.25, 0.3) is 0 Å². The van der Waals surface area contributed by atoms with E-state index < -0.39 is 5.92 Å².